The van der Waals surface area contributed by atoms with Crippen LogP contribution in [-0.4, -0.2) is 17.6 Å². The maximum atomic E-state index is 10.8. The fourth-order valence-electron chi connectivity index (χ4n) is 1.52. The number of carbonyl (C=O) groups is 1. The van der Waals surface area contributed by atoms with E-state index in [2.05, 4.69) is 4.98 Å². The highest BCUT2D eigenvalue weighted by molar-refractivity contribution is 7.13. The number of hydrogen-bond donors (Lipinski definition) is 0. The van der Waals surface area contributed by atoms with Crippen molar-refractivity contribution in [3.05, 3.63) is 45.9 Å². The molecule has 0 atom stereocenters. The smallest absolute Gasteiger partial charge is 0.119 e. The summed E-state index contributed by atoms with van der Waals surface area (Å²) in [5, 5.41) is 11.5. The Morgan fingerprint density at radius 1 is 1.39 bits per heavy atom. The Kier molecular flexibility index (Phi) is 3.94. The van der Waals surface area contributed by atoms with E-state index in [1.165, 1.54) is 0 Å². The SMILES string of the molecule is Cc1nc(CCOc2ccccc2)sc1C(=O)[O-]. The van der Waals surface area contributed by atoms with Crippen LogP contribution in [0.3, 0.4) is 0 Å². The molecule has 0 aliphatic heterocycles. The zero-order valence-electron chi connectivity index (χ0n) is 9.88. The molecule has 0 N–H and O–H groups in total. The van der Waals surface area contributed by atoms with Gasteiger partial charge in [0.25, 0.3) is 0 Å². The number of hydrogen-bond acceptors (Lipinski definition) is 5. The molecule has 0 unspecified atom stereocenters. The van der Waals surface area contributed by atoms with Crippen LogP contribution in [0.15, 0.2) is 30.3 Å². The molecule has 1 heterocycles. The molecule has 0 fully saturated rings. The average Bonchev–Trinajstić information content (AvgIpc) is 2.72. The molecule has 2 aromatic rings. The van der Waals surface area contributed by atoms with Gasteiger partial charge in [-0.1, -0.05) is 18.2 Å². The van der Waals surface area contributed by atoms with Gasteiger partial charge in [-0.3, -0.25) is 0 Å². The van der Waals surface area contributed by atoms with Crippen LogP contribution in [0.4, 0.5) is 0 Å². The van der Waals surface area contributed by atoms with Gasteiger partial charge in [0.1, 0.15) is 5.75 Å². The van der Waals surface area contributed by atoms with Crippen molar-refractivity contribution in [2.45, 2.75) is 13.3 Å². The van der Waals surface area contributed by atoms with Gasteiger partial charge in [0.15, 0.2) is 0 Å². The molecule has 4 nitrogen and oxygen atoms in total. The Morgan fingerprint density at radius 2 is 2.11 bits per heavy atom. The van der Waals surface area contributed by atoms with E-state index in [1.54, 1.807) is 6.92 Å². The van der Waals surface area contributed by atoms with E-state index in [9.17, 15) is 9.90 Å². The summed E-state index contributed by atoms with van der Waals surface area (Å²) in [7, 11) is 0. The lowest BCUT2D eigenvalue weighted by Gasteiger charge is -2.03. The molecular weight excluding hydrogens is 250 g/mol. The Morgan fingerprint density at radius 3 is 2.72 bits per heavy atom. The highest BCUT2D eigenvalue weighted by Gasteiger charge is 2.08. The molecule has 94 valence electrons. The molecule has 1 aromatic heterocycles. The molecule has 0 aliphatic rings. The summed E-state index contributed by atoms with van der Waals surface area (Å²) in [6, 6.07) is 9.47. The topological polar surface area (TPSA) is 62.2 Å². The van der Waals surface area contributed by atoms with Gasteiger partial charge in [-0.2, -0.15) is 0 Å². The van der Waals surface area contributed by atoms with E-state index in [0.717, 1.165) is 22.1 Å². The van der Waals surface area contributed by atoms with Gasteiger partial charge < -0.3 is 14.6 Å². The molecule has 0 aliphatic carbocycles. The monoisotopic (exact) mass is 262 g/mol. The Balaban J connectivity index is 1.91. The lowest BCUT2D eigenvalue weighted by atomic mass is 10.3. The average molecular weight is 262 g/mol. The van der Waals surface area contributed by atoms with Crippen molar-refractivity contribution in [3.63, 3.8) is 0 Å². The van der Waals surface area contributed by atoms with Crippen molar-refractivity contribution in [1.29, 1.82) is 0 Å². The number of carboxylic acid groups (broad SMARTS) is 1. The predicted octanol–water partition coefficient (Wildman–Crippen LogP) is 1.44. The third-order valence-electron chi connectivity index (χ3n) is 2.35. The number of carbonyl (C=O) groups excluding carboxylic acids is 1. The summed E-state index contributed by atoms with van der Waals surface area (Å²) in [5.41, 5.74) is 0.509. The second-order valence-electron chi connectivity index (χ2n) is 3.72. The third-order valence-corrected chi connectivity index (χ3v) is 3.55. The number of aryl methyl sites for hydroxylation is 1. The summed E-state index contributed by atoms with van der Waals surface area (Å²) in [6.45, 7) is 2.15. The first-order valence-corrected chi connectivity index (χ1v) is 6.34. The normalized spacial score (nSPS) is 10.3. The van der Waals surface area contributed by atoms with Gasteiger partial charge in [0.2, 0.25) is 0 Å². The van der Waals surface area contributed by atoms with Crippen LogP contribution in [0.5, 0.6) is 5.75 Å². The molecule has 0 saturated heterocycles. The molecule has 0 spiro atoms. The van der Waals surface area contributed by atoms with E-state index in [4.69, 9.17) is 4.74 Å². The molecule has 18 heavy (non-hydrogen) atoms. The van der Waals surface area contributed by atoms with E-state index < -0.39 is 5.97 Å². The Bertz CT molecular complexity index is 536. The number of aromatic nitrogens is 1. The number of benzene rings is 1. The fraction of sp³-hybridized carbons (Fsp3) is 0.231. The van der Waals surface area contributed by atoms with E-state index in [1.807, 2.05) is 30.3 Å². The van der Waals surface area contributed by atoms with Crippen LogP contribution in [0.2, 0.25) is 0 Å². The van der Waals surface area contributed by atoms with Crippen molar-refractivity contribution in [1.82, 2.24) is 4.98 Å². The minimum atomic E-state index is -1.17. The predicted molar refractivity (Wildman–Crippen MR) is 66.8 cm³/mol. The molecule has 5 heteroatoms. The van der Waals surface area contributed by atoms with E-state index in [-0.39, 0.29) is 4.88 Å². The van der Waals surface area contributed by atoms with Gasteiger partial charge in [0.05, 0.1) is 28.2 Å². The summed E-state index contributed by atoms with van der Waals surface area (Å²) in [4.78, 5) is 15.1. The molecule has 1 aromatic carbocycles. The molecule has 0 amide bonds. The molecule has 0 radical (unpaired) electrons. The summed E-state index contributed by atoms with van der Waals surface area (Å²) >= 11 is 1.15. The van der Waals surface area contributed by atoms with Crippen LogP contribution < -0.4 is 9.84 Å². The number of ether oxygens (including phenoxy) is 1. The van der Waals surface area contributed by atoms with Crippen molar-refractivity contribution >= 4 is 17.3 Å². The lowest BCUT2D eigenvalue weighted by Crippen LogP contribution is -2.21. The molecular formula is C13H12NO3S-. The second kappa shape index (κ2) is 5.64. The van der Waals surface area contributed by atoms with Crippen LogP contribution in [0, 0.1) is 6.92 Å². The highest BCUT2D eigenvalue weighted by Crippen LogP contribution is 2.18. The Labute approximate surface area is 109 Å². The molecule has 0 saturated carbocycles. The van der Waals surface area contributed by atoms with Crippen molar-refractivity contribution in [3.8, 4) is 5.75 Å². The maximum absolute atomic E-state index is 10.8. The summed E-state index contributed by atoms with van der Waals surface area (Å²) in [5.74, 6) is -0.369. The third kappa shape index (κ3) is 3.07. The zero-order valence-corrected chi connectivity index (χ0v) is 10.7. The van der Waals surface area contributed by atoms with Crippen molar-refractivity contribution in [2.75, 3.05) is 6.61 Å². The number of carboxylic acids is 1. The molecule has 0 bridgehead atoms. The molecule has 2 rings (SSSR count). The van der Waals surface area contributed by atoms with Gasteiger partial charge in [-0.05, 0) is 19.1 Å². The number of aromatic carboxylic acids is 1. The second-order valence-corrected chi connectivity index (χ2v) is 4.80. The first-order chi connectivity index (χ1) is 8.66. The number of thiazole rings is 1. The van der Waals surface area contributed by atoms with Crippen molar-refractivity contribution in [2.24, 2.45) is 0 Å². The maximum Gasteiger partial charge on any atom is 0.119 e. The minimum Gasteiger partial charge on any atom is -0.544 e. The largest absolute Gasteiger partial charge is 0.544 e. The number of rotatable bonds is 5. The van der Waals surface area contributed by atoms with Crippen LogP contribution in [0.1, 0.15) is 20.4 Å². The van der Waals surface area contributed by atoms with Crippen LogP contribution in [0.25, 0.3) is 0 Å². The van der Waals surface area contributed by atoms with E-state index >= 15 is 0 Å². The Hall–Kier alpha value is -1.88. The minimum absolute atomic E-state index is 0.199. The first-order valence-electron chi connectivity index (χ1n) is 5.52. The van der Waals surface area contributed by atoms with E-state index in [0.29, 0.717) is 18.7 Å². The van der Waals surface area contributed by atoms with Crippen LogP contribution >= 0.6 is 11.3 Å². The van der Waals surface area contributed by atoms with Gasteiger partial charge in [-0.25, -0.2) is 4.98 Å². The fourth-order valence-corrected chi connectivity index (χ4v) is 2.40. The summed E-state index contributed by atoms with van der Waals surface area (Å²) < 4.78 is 5.52. The highest BCUT2D eigenvalue weighted by atomic mass is 32.1. The van der Waals surface area contributed by atoms with Gasteiger partial charge >= 0.3 is 0 Å². The standard InChI is InChI=1S/C13H13NO3S/c1-9-12(13(15)16)18-11(14-9)7-8-17-10-5-3-2-4-6-10/h2-6H,7-8H2,1H3,(H,15,16)/p-1. The zero-order chi connectivity index (χ0) is 13.0. The van der Waals surface area contributed by atoms with Gasteiger partial charge in [-0.15, -0.1) is 11.3 Å². The summed E-state index contributed by atoms with van der Waals surface area (Å²) in [6.07, 6.45) is 0.591. The number of para-hydroxylation sites is 1. The quantitative estimate of drug-likeness (QED) is 0.818. The first kappa shape index (κ1) is 12.6. The van der Waals surface area contributed by atoms with Gasteiger partial charge in [0, 0.05) is 6.42 Å². The lowest BCUT2D eigenvalue weighted by molar-refractivity contribution is -0.254. The number of nitrogens with zero attached hydrogens (tertiary/aromatic N) is 1. The van der Waals surface area contributed by atoms with Crippen molar-refractivity contribution < 1.29 is 14.6 Å². The van der Waals surface area contributed by atoms with Crippen LogP contribution in [-0.2, 0) is 6.42 Å².